The molecule has 2 unspecified atom stereocenters. The molecule has 1 aromatic carbocycles. The van der Waals surface area contributed by atoms with E-state index in [4.69, 9.17) is 0 Å². The molecular weight excluding hydrogens is 271 g/mol. The van der Waals surface area contributed by atoms with Crippen molar-refractivity contribution in [3.8, 4) is 0 Å². The van der Waals surface area contributed by atoms with E-state index in [1.165, 1.54) is 6.07 Å². The summed E-state index contributed by atoms with van der Waals surface area (Å²) in [7, 11) is 0. The average Bonchev–Trinajstić information content (AvgIpc) is 2.52. The summed E-state index contributed by atoms with van der Waals surface area (Å²) < 4.78 is 14.4. The molecule has 1 aliphatic rings. The lowest BCUT2D eigenvalue weighted by molar-refractivity contribution is 0.163. The fourth-order valence-corrected chi connectivity index (χ4v) is 2.91. The summed E-state index contributed by atoms with van der Waals surface area (Å²) in [4.78, 5) is 0. The van der Waals surface area contributed by atoms with Crippen molar-refractivity contribution in [2.75, 3.05) is 0 Å². The SMILES string of the molecule is CC1(Cc2ccc(Br)cc2F)CCC(O)C1. The second-order valence-corrected chi connectivity index (χ2v) is 6.04. The maximum atomic E-state index is 13.7. The van der Waals surface area contributed by atoms with E-state index in [-0.39, 0.29) is 17.3 Å². The molecule has 0 aromatic heterocycles. The molecule has 0 heterocycles. The van der Waals surface area contributed by atoms with Gasteiger partial charge in [0.05, 0.1) is 6.10 Å². The highest BCUT2D eigenvalue weighted by atomic mass is 79.9. The van der Waals surface area contributed by atoms with Gasteiger partial charge < -0.3 is 5.11 Å². The molecule has 88 valence electrons. The Morgan fingerprint density at radius 3 is 2.88 bits per heavy atom. The van der Waals surface area contributed by atoms with Gasteiger partial charge in [0, 0.05) is 4.47 Å². The molecular formula is C13H16BrFO. The Bertz CT molecular complexity index is 394. The molecule has 1 saturated carbocycles. The predicted octanol–water partition coefficient (Wildman–Crippen LogP) is 3.68. The molecule has 0 amide bonds. The zero-order valence-electron chi connectivity index (χ0n) is 9.34. The Balaban J connectivity index is 2.14. The van der Waals surface area contributed by atoms with Gasteiger partial charge in [-0.2, -0.15) is 0 Å². The summed E-state index contributed by atoms with van der Waals surface area (Å²) in [6, 6.07) is 5.20. The van der Waals surface area contributed by atoms with Crippen LogP contribution in [0.25, 0.3) is 0 Å². The van der Waals surface area contributed by atoms with Crippen LogP contribution in [0.5, 0.6) is 0 Å². The molecule has 0 spiro atoms. The van der Waals surface area contributed by atoms with E-state index in [0.29, 0.717) is 6.42 Å². The maximum absolute atomic E-state index is 13.7. The minimum Gasteiger partial charge on any atom is -0.393 e. The van der Waals surface area contributed by atoms with Crippen LogP contribution in [0.3, 0.4) is 0 Å². The standard InChI is InChI=1S/C13H16BrFO/c1-13(5-4-11(16)8-13)7-9-2-3-10(14)6-12(9)15/h2-3,6,11,16H,4-5,7-8H2,1H3. The van der Waals surface area contributed by atoms with Gasteiger partial charge in [-0.15, -0.1) is 0 Å². The first kappa shape index (κ1) is 12.1. The average molecular weight is 287 g/mol. The number of aliphatic hydroxyl groups excluding tert-OH is 1. The quantitative estimate of drug-likeness (QED) is 0.879. The van der Waals surface area contributed by atoms with Crippen LogP contribution >= 0.6 is 15.9 Å². The van der Waals surface area contributed by atoms with E-state index >= 15 is 0 Å². The Morgan fingerprint density at radius 2 is 2.31 bits per heavy atom. The topological polar surface area (TPSA) is 20.2 Å². The van der Waals surface area contributed by atoms with Crippen molar-refractivity contribution in [3.05, 3.63) is 34.1 Å². The van der Waals surface area contributed by atoms with Gasteiger partial charge in [0.1, 0.15) is 5.82 Å². The van der Waals surface area contributed by atoms with Crippen molar-refractivity contribution in [1.82, 2.24) is 0 Å². The lowest BCUT2D eigenvalue weighted by Crippen LogP contribution is -2.17. The summed E-state index contributed by atoms with van der Waals surface area (Å²) in [5.41, 5.74) is 0.800. The Kier molecular flexibility index (Phi) is 3.36. The zero-order chi connectivity index (χ0) is 11.8. The van der Waals surface area contributed by atoms with Crippen molar-refractivity contribution in [1.29, 1.82) is 0 Å². The minimum atomic E-state index is -0.205. The number of hydrogen-bond acceptors (Lipinski definition) is 1. The van der Waals surface area contributed by atoms with Crippen LogP contribution in [0.4, 0.5) is 4.39 Å². The highest BCUT2D eigenvalue weighted by Gasteiger charge is 2.34. The van der Waals surface area contributed by atoms with Gasteiger partial charge in [-0.3, -0.25) is 0 Å². The molecule has 1 nitrogen and oxygen atoms in total. The van der Waals surface area contributed by atoms with E-state index in [0.717, 1.165) is 29.3 Å². The summed E-state index contributed by atoms with van der Waals surface area (Å²) in [5, 5.41) is 9.55. The molecule has 0 saturated heterocycles. The number of rotatable bonds is 2. The monoisotopic (exact) mass is 286 g/mol. The summed E-state index contributed by atoms with van der Waals surface area (Å²) >= 11 is 3.25. The zero-order valence-corrected chi connectivity index (χ0v) is 10.9. The van der Waals surface area contributed by atoms with Crippen LogP contribution in [-0.2, 0) is 6.42 Å². The molecule has 3 heteroatoms. The molecule has 1 fully saturated rings. The van der Waals surface area contributed by atoms with Crippen molar-refractivity contribution >= 4 is 15.9 Å². The Hall–Kier alpha value is -0.410. The van der Waals surface area contributed by atoms with E-state index in [1.54, 1.807) is 0 Å². The van der Waals surface area contributed by atoms with Crippen LogP contribution in [0.2, 0.25) is 0 Å². The number of aliphatic hydroxyl groups is 1. The molecule has 16 heavy (non-hydrogen) atoms. The smallest absolute Gasteiger partial charge is 0.127 e. The van der Waals surface area contributed by atoms with Crippen molar-refractivity contribution < 1.29 is 9.50 Å². The van der Waals surface area contributed by atoms with Gasteiger partial charge in [-0.05, 0) is 48.8 Å². The Morgan fingerprint density at radius 1 is 1.56 bits per heavy atom. The van der Waals surface area contributed by atoms with Crippen molar-refractivity contribution in [2.45, 2.75) is 38.7 Å². The third-order valence-electron chi connectivity index (χ3n) is 3.44. The fourth-order valence-electron chi connectivity index (χ4n) is 2.57. The van der Waals surface area contributed by atoms with Gasteiger partial charge in [0.2, 0.25) is 0 Å². The van der Waals surface area contributed by atoms with E-state index in [1.807, 2.05) is 12.1 Å². The third kappa shape index (κ3) is 2.64. The second kappa shape index (κ2) is 4.46. The van der Waals surface area contributed by atoms with Crippen LogP contribution in [-0.4, -0.2) is 11.2 Å². The van der Waals surface area contributed by atoms with Crippen molar-refractivity contribution in [3.63, 3.8) is 0 Å². The number of benzene rings is 1. The first-order valence-corrected chi connectivity index (χ1v) is 6.40. The molecule has 1 N–H and O–H groups in total. The summed E-state index contributed by atoms with van der Waals surface area (Å²) in [5.74, 6) is -0.156. The molecule has 2 rings (SSSR count). The molecule has 0 aliphatic heterocycles. The third-order valence-corrected chi connectivity index (χ3v) is 3.94. The van der Waals surface area contributed by atoms with Gasteiger partial charge >= 0.3 is 0 Å². The highest BCUT2D eigenvalue weighted by molar-refractivity contribution is 9.10. The van der Waals surface area contributed by atoms with Crippen LogP contribution in [0.15, 0.2) is 22.7 Å². The van der Waals surface area contributed by atoms with Crippen LogP contribution < -0.4 is 0 Å². The van der Waals surface area contributed by atoms with Gasteiger partial charge in [-0.25, -0.2) is 4.39 Å². The van der Waals surface area contributed by atoms with E-state index < -0.39 is 0 Å². The molecule has 0 bridgehead atoms. The minimum absolute atomic E-state index is 0.0497. The lowest BCUT2D eigenvalue weighted by atomic mass is 9.82. The fraction of sp³-hybridized carbons (Fsp3) is 0.538. The molecule has 0 radical (unpaired) electrons. The molecule has 1 aromatic rings. The van der Waals surface area contributed by atoms with E-state index in [2.05, 4.69) is 22.9 Å². The normalized spacial score (nSPS) is 29.6. The summed E-state index contributed by atoms with van der Waals surface area (Å²) in [6.07, 6.45) is 3.10. The van der Waals surface area contributed by atoms with Crippen molar-refractivity contribution in [2.24, 2.45) is 5.41 Å². The van der Waals surface area contributed by atoms with Gasteiger partial charge in [0.15, 0.2) is 0 Å². The summed E-state index contributed by atoms with van der Waals surface area (Å²) in [6.45, 7) is 2.13. The predicted molar refractivity (Wildman–Crippen MR) is 65.8 cm³/mol. The first-order chi connectivity index (χ1) is 7.48. The Labute approximate surface area is 104 Å². The highest BCUT2D eigenvalue weighted by Crippen LogP contribution is 2.41. The maximum Gasteiger partial charge on any atom is 0.127 e. The second-order valence-electron chi connectivity index (χ2n) is 5.12. The van der Waals surface area contributed by atoms with Crippen LogP contribution in [0.1, 0.15) is 31.7 Å². The van der Waals surface area contributed by atoms with Gasteiger partial charge in [-0.1, -0.05) is 28.9 Å². The number of hydrogen-bond donors (Lipinski definition) is 1. The molecule has 2 atom stereocenters. The molecule has 1 aliphatic carbocycles. The van der Waals surface area contributed by atoms with Gasteiger partial charge in [0.25, 0.3) is 0 Å². The van der Waals surface area contributed by atoms with Crippen LogP contribution in [0, 0.1) is 11.2 Å². The number of halogens is 2. The first-order valence-electron chi connectivity index (χ1n) is 5.60. The van der Waals surface area contributed by atoms with E-state index in [9.17, 15) is 9.50 Å². The lowest BCUT2D eigenvalue weighted by Gasteiger charge is -2.23. The largest absolute Gasteiger partial charge is 0.393 e.